The molecule has 2 aromatic rings. The molecule has 0 aromatic heterocycles. The third kappa shape index (κ3) is 6.29. The minimum atomic E-state index is -3.39. The Morgan fingerprint density at radius 3 is 2.31 bits per heavy atom. The van der Waals surface area contributed by atoms with Gasteiger partial charge in [-0.1, -0.05) is 51.0 Å². The first kappa shape index (κ1) is 22.9. The van der Waals surface area contributed by atoms with Gasteiger partial charge in [0, 0.05) is 6.42 Å². The predicted octanol–water partition coefficient (Wildman–Crippen LogP) is 3.72. The Hall–Kier alpha value is -2.41. The first-order valence-electron chi connectivity index (χ1n) is 10.0. The molecule has 0 radical (unpaired) electrons. The number of fused-ring (bicyclic) bond motifs is 1. The second-order valence-electron chi connectivity index (χ2n) is 7.16. The van der Waals surface area contributed by atoms with Crippen molar-refractivity contribution in [3.63, 3.8) is 0 Å². The van der Waals surface area contributed by atoms with Crippen molar-refractivity contribution in [1.29, 1.82) is 0 Å². The zero-order valence-corrected chi connectivity index (χ0v) is 17.8. The maximum atomic E-state index is 12.5. The third-order valence-corrected chi connectivity index (χ3v) is 6.78. The monoisotopic (exact) mass is 419 g/mol. The van der Waals surface area contributed by atoms with E-state index in [2.05, 4.69) is 5.32 Å². The average molecular weight is 420 g/mol. The van der Waals surface area contributed by atoms with Gasteiger partial charge in [0.1, 0.15) is 6.04 Å². The molecule has 0 aliphatic rings. The SMILES string of the molecule is CCCC[C@H](NC(=O)CCCc1cc2ccccc2cc1S(=O)(=O)CC)C(=O)O. The molecule has 6 nitrogen and oxygen atoms in total. The number of carbonyl (C=O) groups is 2. The molecule has 0 unspecified atom stereocenters. The highest BCUT2D eigenvalue weighted by molar-refractivity contribution is 7.91. The number of amides is 1. The zero-order chi connectivity index (χ0) is 21.4. The second kappa shape index (κ2) is 10.4. The molecule has 2 aromatic carbocycles. The van der Waals surface area contributed by atoms with Crippen LogP contribution < -0.4 is 5.32 Å². The Morgan fingerprint density at radius 2 is 1.72 bits per heavy atom. The lowest BCUT2D eigenvalue weighted by Crippen LogP contribution is -2.40. The minimum absolute atomic E-state index is 0.0105. The number of benzene rings is 2. The number of nitrogens with one attached hydrogen (secondary N) is 1. The first-order chi connectivity index (χ1) is 13.8. The summed E-state index contributed by atoms with van der Waals surface area (Å²) in [5, 5.41) is 13.6. The highest BCUT2D eigenvalue weighted by Gasteiger charge is 2.20. The molecule has 0 saturated heterocycles. The maximum absolute atomic E-state index is 12.5. The molecular formula is C22H29NO5S. The average Bonchev–Trinajstić information content (AvgIpc) is 2.70. The Morgan fingerprint density at radius 1 is 1.07 bits per heavy atom. The molecule has 2 rings (SSSR count). The highest BCUT2D eigenvalue weighted by atomic mass is 32.2. The number of carboxylic acids is 1. The van der Waals surface area contributed by atoms with Gasteiger partial charge in [0.05, 0.1) is 10.6 Å². The Kier molecular flexibility index (Phi) is 8.20. The van der Waals surface area contributed by atoms with Crippen LogP contribution in [0, 0.1) is 0 Å². The number of unbranched alkanes of at least 4 members (excludes halogenated alkanes) is 1. The van der Waals surface area contributed by atoms with Crippen molar-refractivity contribution >= 4 is 32.5 Å². The van der Waals surface area contributed by atoms with Crippen molar-refractivity contribution in [3.05, 3.63) is 42.0 Å². The standard InChI is InChI=1S/C22H29NO5S/c1-3-5-12-19(22(25)26)23-21(24)13-8-11-18-14-16-9-6-7-10-17(16)15-20(18)29(27,28)4-2/h6-7,9-10,14-15,19H,3-5,8,11-13H2,1-2H3,(H,23,24)(H,25,26)/t19-/m0/s1. The van der Waals surface area contributed by atoms with Gasteiger partial charge in [-0.25, -0.2) is 13.2 Å². The summed E-state index contributed by atoms with van der Waals surface area (Å²) in [5.74, 6) is -1.34. The molecule has 7 heteroatoms. The normalized spacial score (nSPS) is 12.6. The molecule has 0 aliphatic carbocycles. The van der Waals surface area contributed by atoms with E-state index in [0.29, 0.717) is 29.7 Å². The van der Waals surface area contributed by atoms with Crippen molar-refractivity contribution in [3.8, 4) is 0 Å². The van der Waals surface area contributed by atoms with Crippen LogP contribution in [0.5, 0.6) is 0 Å². The summed E-state index contributed by atoms with van der Waals surface area (Å²) in [6.07, 6.45) is 3.01. The summed E-state index contributed by atoms with van der Waals surface area (Å²) in [4.78, 5) is 23.7. The number of hydrogen-bond acceptors (Lipinski definition) is 4. The van der Waals surface area contributed by atoms with Crippen LogP contribution in [-0.4, -0.2) is 37.2 Å². The molecular weight excluding hydrogens is 390 g/mol. The summed E-state index contributed by atoms with van der Waals surface area (Å²) in [6, 6.07) is 10.3. The second-order valence-corrected chi connectivity index (χ2v) is 9.41. The van der Waals surface area contributed by atoms with Crippen LogP contribution >= 0.6 is 0 Å². The van der Waals surface area contributed by atoms with Gasteiger partial charge in [-0.15, -0.1) is 0 Å². The van der Waals surface area contributed by atoms with Crippen molar-refractivity contribution < 1.29 is 23.1 Å². The van der Waals surface area contributed by atoms with Crippen LogP contribution in [0.3, 0.4) is 0 Å². The lowest BCUT2D eigenvalue weighted by molar-refractivity contribution is -0.142. The highest BCUT2D eigenvalue weighted by Crippen LogP contribution is 2.26. The number of carbonyl (C=O) groups excluding carboxylic acids is 1. The van der Waals surface area contributed by atoms with Crippen LogP contribution in [0.2, 0.25) is 0 Å². The fraction of sp³-hybridized carbons (Fsp3) is 0.455. The van der Waals surface area contributed by atoms with Crippen LogP contribution in [0.15, 0.2) is 41.3 Å². The quantitative estimate of drug-likeness (QED) is 0.578. The maximum Gasteiger partial charge on any atom is 0.326 e. The lowest BCUT2D eigenvalue weighted by atomic mass is 10.0. The number of carboxylic acid groups (broad SMARTS) is 1. The number of hydrogen-bond donors (Lipinski definition) is 2. The van der Waals surface area contributed by atoms with E-state index < -0.39 is 21.8 Å². The molecule has 0 saturated carbocycles. The number of rotatable bonds is 11. The number of sulfone groups is 1. The summed E-state index contributed by atoms with van der Waals surface area (Å²) in [5.41, 5.74) is 0.694. The molecule has 158 valence electrons. The van der Waals surface area contributed by atoms with Crippen LogP contribution in [0.25, 0.3) is 10.8 Å². The molecule has 0 aliphatic heterocycles. The fourth-order valence-electron chi connectivity index (χ4n) is 3.28. The minimum Gasteiger partial charge on any atom is -0.480 e. The van der Waals surface area contributed by atoms with E-state index in [1.165, 1.54) is 0 Å². The number of aryl methyl sites for hydroxylation is 1. The van der Waals surface area contributed by atoms with E-state index in [1.807, 2.05) is 37.3 Å². The summed E-state index contributed by atoms with van der Waals surface area (Å²) >= 11 is 0. The molecule has 29 heavy (non-hydrogen) atoms. The van der Waals surface area contributed by atoms with E-state index in [-0.39, 0.29) is 18.1 Å². The zero-order valence-electron chi connectivity index (χ0n) is 17.0. The van der Waals surface area contributed by atoms with Crippen LogP contribution in [-0.2, 0) is 25.8 Å². The smallest absolute Gasteiger partial charge is 0.326 e. The molecule has 1 amide bonds. The third-order valence-electron chi connectivity index (χ3n) is 4.97. The molecule has 0 heterocycles. The van der Waals surface area contributed by atoms with Gasteiger partial charge in [-0.2, -0.15) is 0 Å². The summed E-state index contributed by atoms with van der Waals surface area (Å²) in [6.45, 7) is 3.58. The van der Waals surface area contributed by atoms with Crippen molar-refractivity contribution in [2.24, 2.45) is 0 Å². The Bertz CT molecular complexity index is 968. The molecule has 0 bridgehead atoms. The Balaban J connectivity index is 2.10. The largest absolute Gasteiger partial charge is 0.480 e. The van der Waals surface area contributed by atoms with Gasteiger partial charge in [-0.05, 0) is 47.7 Å². The molecule has 2 N–H and O–H groups in total. The molecule has 0 fully saturated rings. The van der Waals surface area contributed by atoms with Gasteiger partial charge in [0.15, 0.2) is 9.84 Å². The van der Waals surface area contributed by atoms with E-state index in [1.54, 1.807) is 13.0 Å². The lowest BCUT2D eigenvalue weighted by Gasteiger charge is -2.15. The van der Waals surface area contributed by atoms with Crippen molar-refractivity contribution in [2.45, 2.75) is 63.3 Å². The van der Waals surface area contributed by atoms with Crippen molar-refractivity contribution in [1.82, 2.24) is 5.32 Å². The van der Waals surface area contributed by atoms with Crippen LogP contribution in [0.4, 0.5) is 0 Å². The molecule has 1 atom stereocenters. The van der Waals surface area contributed by atoms with Gasteiger partial charge >= 0.3 is 5.97 Å². The van der Waals surface area contributed by atoms with E-state index in [9.17, 15) is 23.1 Å². The van der Waals surface area contributed by atoms with Crippen LogP contribution in [0.1, 0.15) is 51.5 Å². The van der Waals surface area contributed by atoms with Crippen molar-refractivity contribution in [2.75, 3.05) is 5.75 Å². The predicted molar refractivity (Wildman–Crippen MR) is 114 cm³/mol. The van der Waals surface area contributed by atoms with Gasteiger partial charge in [-0.3, -0.25) is 4.79 Å². The summed E-state index contributed by atoms with van der Waals surface area (Å²) < 4.78 is 25.1. The van der Waals surface area contributed by atoms with E-state index >= 15 is 0 Å². The van der Waals surface area contributed by atoms with E-state index in [0.717, 1.165) is 23.6 Å². The Labute approximate surface area is 172 Å². The molecule has 0 spiro atoms. The topological polar surface area (TPSA) is 101 Å². The van der Waals surface area contributed by atoms with Gasteiger partial charge in [0.2, 0.25) is 5.91 Å². The summed E-state index contributed by atoms with van der Waals surface area (Å²) in [7, 11) is -3.39. The van der Waals surface area contributed by atoms with Gasteiger partial charge < -0.3 is 10.4 Å². The number of aliphatic carboxylic acids is 1. The first-order valence-corrected chi connectivity index (χ1v) is 11.7. The van der Waals surface area contributed by atoms with Gasteiger partial charge in [0.25, 0.3) is 0 Å². The fourth-order valence-corrected chi connectivity index (χ4v) is 4.46. The van der Waals surface area contributed by atoms with E-state index in [4.69, 9.17) is 0 Å².